The molecule has 2 aromatic carbocycles. The number of rotatable bonds is 5. The summed E-state index contributed by atoms with van der Waals surface area (Å²) in [7, 11) is 0. The summed E-state index contributed by atoms with van der Waals surface area (Å²) in [4.78, 5) is 2.26. The van der Waals surface area contributed by atoms with Gasteiger partial charge < -0.3 is 16.4 Å². The van der Waals surface area contributed by atoms with Gasteiger partial charge in [-0.2, -0.15) is 5.10 Å². The number of hydrogen-bond acceptors (Lipinski definition) is 4. The van der Waals surface area contributed by atoms with Gasteiger partial charge in [-0.05, 0) is 61.6 Å². The Kier molecular flexibility index (Phi) is 6.77. The second kappa shape index (κ2) is 9.57. The molecule has 4 rings (SSSR count). The predicted octanol–water partition coefficient (Wildman–Crippen LogP) is 5.52. The molecule has 174 valence electrons. The number of halogens is 2. The van der Waals surface area contributed by atoms with E-state index in [0.717, 1.165) is 54.0 Å². The van der Waals surface area contributed by atoms with Gasteiger partial charge in [0.2, 0.25) is 0 Å². The third-order valence-electron chi connectivity index (χ3n) is 6.37. The molecule has 2 heterocycles. The summed E-state index contributed by atoms with van der Waals surface area (Å²) in [6, 6.07) is 13.1. The van der Waals surface area contributed by atoms with Crippen LogP contribution in [0.2, 0.25) is 5.02 Å². The van der Waals surface area contributed by atoms with Crippen LogP contribution < -0.4 is 16.4 Å². The van der Waals surface area contributed by atoms with Gasteiger partial charge in [-0.15, -0.1) is 0 Å². The third kappa shape index (κ3) is 4.77. The highest BCUT2D eigenvalue weighted by Gasteiger charge is 2.21. The lowest BCUT2D eigenvalue weighted by molar-refractivity contribution is 0.501. The Morgan fingerprint density at radius 3 is 2.52 bits per heavy atom. The van der Waals surface area contributed by atoms with Crippen molar-refractivity contribution in [2.75, 3.05) is 18.0 Å². The van der Waals surface area contributed by atoms with Crippen LogP contribution in [-0.2, 0) is 0 Å². The summed E-state index contributed by atoms with van der Waals surface area (Å²) in [6.07, 6.45) is 3.56. The van der Waals surface area contributed by atoms with Crippen LogP contribution in [-0.4, -0.2) is 28.9 Å². The summed E-state index contributed by atoms with van der Waals surface area (Å²) in [5.41, 5.74) is 17.6. The van der Waals surface area contributed by atoms with E-state index in [1.807, 2.05) is 43.3 Å². The summed E-state index contributed by atoms with van der Waals surface area (Å²) in [5, 5.41) is 5.19. The second-order valence-corrected chi connectivity index (χ2v) is 9.44. The Hall–Kier alpha value is -2.83. The first-order valence-electron chi connectivity index (χ1n) is 11.4. The van der Waals surface area contributed by atoms with Crippen LogP contribution in [0, 0.1) is 18.7 Å². The molecule has 0 aliphatic carbocycles. The number of nitrogens with two attached hydrogens (primary N) is 2. The molecule has 0 bridgehead atoms. The van der Waals surface area contributed by atoms with E-state index in [0.29, 0.717) is 16.4 Å². The lowest BCUT2D eigenvalue weighted by Crippen LogP contribution is -2.39. The Balaban J connectivity index is 1.75. The highest BCUT2D eigenvalue weighted by atomic mass is 35.5. The van der Waals surface area contributed by atoms with Crippen LogP contribution in [0.25, 0.3) is 22.5 Å². The van der Waals surface area contributed by atoms with E-state index in [1.165, 1.54) is 6.07 Å². The van der Waals surface area contributed by atoms with E-state index in [-0.39, 0.29) is 17.8 Å². The molecule has 7 heteroatoms. The lowest BCUT2D eigenvalue weighted by Gasteiger charge is -2.32. The van der Waals surface area contributed by atoms with E-state index in [2.05, 4.69) is 23.8 Å². The van der Waals surface area contributed by atoms with Gasteiger partial charge in [0, 0.05) is 46.5 Å². The van der Waals surface area contributed by atoms with Crippen LogP contribution in [0.4, 0.5) is 10.1 Å². The second-order valence-electron chi connectivity index (χ2n) is 9.01. The van der Waals surface area contributed by atoms with Crippen LogP contribution in [0.15, 0.2) is 48.7 Å². The number of nitrogens with zero attached hydrogens (tertiary/aromatic N) is 3. The Labute approximate surface area is 199 Å². The fourth-order valence-electron chi connectivity index (χ4n) is 4.54. The average Bonchev–Trinajstić information content (AvgIpc) is 3.16. The summed E-state index contributed by atoms with van der Waals surface area (Å²) >= 11 is 6.23. The summed E-state index contributed by atoms with van der Waals surface area (Å²) in [5.74, 6) is 0.371. The molecule has 1 fully saturated rings. The Morgan fingerprint density at radius 2 is 1.85 bits per heavy atom. The molecule has 0 spiro atoms. The van der Waals surface area contributed by atoms with Crippen molar-refractivity contribution in [3.63, 3.8) is 0 Å². The molecule has 1 aliphatic heterocycles. The smallest absolute Gasteiger partial charge is 0.131 e. The van der Waals surface area contributed by atoms with Gasteiger partial charge in [0.1, 0.15) is 11.6 Å². The van der Waals surface area contributed by atoms with Gasteiger partial charge in [0.25, 0.3) is 0 Å². The quantitative estimate of drug-likeness (QED) is 0.518. The zero-order valence-electron chi connectivity index (χ0n) is 19.4. The van der Waals surface area contributed by atoms with Crippen molar-refractivity contribution in [2.24, 2.45) is 17.4 Å². The molecule has 1 aliphatic rings. The highest BCUT2D eigenvalue weighted by molar-refractivity contribution is 6.30. The number of hydrogen-bond donors (Lipinski definition) is 2. The number of piperidine rings is 1. The van der Waals surface area contributed by atoms with E-state index in [4.69, 9.17) is 23.1 Å². The highest BCUT2D eigenvalue weighted by Crippen LogP contribution is 2.34. The predicted molar refractivity (Wildman–Crippen MR) is 135 cm³/mol. The van der Waals surface area contributed by atoms with Gasteiger partial charge in [0.15, 0.2) is 0 Å². The fraction of sp³-hybridized carbons (Fsp3) is 0.346. The summed E-state index contributed by atoms with van der Waals surface area (Å²) < 4.78 is 16.6. The molecular weight excluding hydrogens is 437 g/mol. The standard InChI is InChI=1S/C26H31ClFN5/c1-16(2)25(18-5-4-6-19(27)13-18)26(30)33-17(3)23(15-31-33)22-14-21(7-8-24(22)28)32-11-9-20(29)10-12-32/h4-8,13-16,20H,9-12,29-30H2,1-3H3/b26-25+. The molecule has 33 heavy (non-hydrogen) atoms. The number of aromatic nitrogens is 2. The molecular formula is C26H31ClFN5. The van der Waals surface area contributed by atoms with Gasteiger partial charge in [-0.3, -0.25) is 0 Å². The molecule has 1 saturated heterocycles. The van der Waals surface area contributed by atoms with Gasteiger partial charge in [-0.1, -0.05) is 37.6 Å². The van der Waals surface area contributed by atoms with Crippen LogP contribution in [0.1, 0.15) is 37.9 Å². The first kappa shape index (κ1) is 23.3. The number of allylic oxidation sites excluding steroid dienone is 1. The minimum atomic E-state index is -0.281. The van der Waals surface area contributed by atoms with E-state index >= 15 is 0 Å². The normalized spacial score (nSPS) is 15.8. The minimum Gasteiger partial charge on any atom is -0.383 e. The molecule has 5 nitrogen and oxygen atoms in total. The van der Waals surface area contributed by atoms with E-state index in [1.54, 1.807) is 10.9 Å². The maximum atomic E-state index is 14.9. The largest absolute Gasteiger partial charge is 0.383 e. The molecule has 1 aromatic heterocycles. The molecule has 3 aromatic rings. The fourth-order valence-corrected chi connectivity index (χ4v) is 4.73. The van der Waals surface area contributed by atoms with Crippen molar-refractivity contribution in [1.82, 2.24) is 9.78 Å². The topological polar surface area (TPSA) is 73.1 Å². The maximum absolute atomic E-state index is 14.9. The zero-order valence-corrected chi connectivity index (χ0v) is 20.1. The van der Waals surface area contributed by atoms with Crippen molar-refractivity contribution in [2.45, 2.75) is 39.7 Å². The maximum Gasteiger partial charge on any atom is 0.131 e. The molecule has 0 atom stereocenters. The van der Waals surface area contributed by atoms with Crippen molar-refractivity contribution >= 4 is 28.7 Å². The molecule has 0 unspecified atom stereocenters. The number of benzene rings is 2. The minimum absolute atomic E-state index is 0.140. The number of anilines is 1. The van der Waals surface area contributed by atoms with E-state index in [9.17, 15) is 4.39 Å². The molecule has 0 radical (unpaired) electrons. The van der Waals surface area contributed by atoms with Crippen molar-refractivity contribution in [3.8, 4) is 11.1 Å². The Morgan fingerprint density at radius 1 is 1.12 bits per heavy atom. The molecule has 0 saturated carbocycles. The van der Waals surface area contributed by atoms with Crippen LogP contribution in [0.5, 0.6) is 0 Å². The van der Waals surface area contributed by atoms with Gasteiger partial charge in [0.05, 0.1) is 11.9 Å². The first-order valence-corrected chi connectivity index (χ1v) is 11.7. The van der Waals surface area contributed by atoms with E-state index < -0.39 is 0 Å². The SMILES string of the molecule is Cc1c(-c2cc(N3CCC(N)CC3)ccc2F)cnn1/C(N)=C(/c1cccc(Cl)c1)C(C)C. The van der Waals surface area contributed by atoms with Crippen molar-refractivity contribution in [1.29, 1.82) is 0 Å². The summed E-state index contributed by atoms with van der Waals surface area (Å²) in [6.45, 7) is 7.82. The molecule has 0 amide bonds. The van der Waals surface area contributed by atoms with Crippen LogP contribution >= 0.6 is 11.6 Å². The monoisotopic (exact) mass is 467 g/mol. The first-order chi connectivity index (χ1) is 15.8. The van der Waals surface area contributed by atoms with Gasteiger partial charge in [-0.25, -0.2) is 9.07 Å². The van der Waals surface area contributed by atoms with Gasteiger partial charge >= 0.3 is 0 Å². The van der Waals surface area contributed by atoms with Crippen molar-refractivity contribution in [3.05, 3.63) is 70.8 Å². The zero-order chi connectivity index (χ0) is 23.7. The third-order valence-corrected chi connectivity index (χ3v) is 6.61. The van der Waals surface area contributed by atoms with Crippen LogP contribution in [0.3, 0.4) is 0 Å². The van der Waals surface area contributed by atoms with Crippen molar-refractivity contribution < 1.29 is 4.39 Å². The Bertz CT molecular complexity index is 1180. The molecule has 4 N–H and O–H groups in total. The lowest BCUT2D eigenvalue weighted by atomic mass is 9.95. The average molecular weight is 468 g/mol.